The number of benzene rings is 1. The molecule has 0 radical (unpaired) electrons. The fourth-order valence-electron chi connectivity index (χ4n) is 1.37. The summed E-state index contributed by atoms with van der Waals surface area (Å²) in [6, 6.07) is 5.43. The molecule has 1 heterocycles. The van der Waals surface area contributed by atoms with Crippen LogP contribution in [0, 0.1) is 6.92 Å². The van der Waals surface area contributed by atoms with E-state index in [1.54, 1.807) is 13.0 Å². The molecule has 0 saturated carbocycles. The first-order chi connectivity index (χ1) is 6.18. The van der Waals surface area contributed by atoms with Gasteiger partial charge < -0.3 is 9.47 Å². The zero-order chi connectivity index (χ0) is 9.42. The van der Waals surface area contributed by atoms with Gasteiger partial charge in [0.1, 0.15) is 11.3 Å². The third-order valence-electron chi connectivity index (χ3n) is 1.99. The summed E-state index contributed by atoms with van der Waals surface area (Å²) in [5, 5.41) is 0. The molecule has 1 aromatic rings. The van der Waals surface area contributed by atoms with Gasteiger partial charge in [0.05, 0.1) is 0 Å². The summed E-state index contributed by atoms with van der Waals surface area (Å²) in [5.41, 5.74) is 1.47. The van der Waals surface area contributed by atoms with Gasteiger partial charge >= 0.3 is 5.97 Å². The molecule has 0 fully saturated rings. The number of para-hydroxylation sites is 1. The molecule has 3 nitrogen and oxygen atoms in total. The Morgan fingerprint density at radius 2 is 2.08 bits per heavy atom. The number of esters is 1. The van der Waals surface area contributed by atoms with Crippen molar-refractivity contribution in [1.82, 2.24) is 0 Å². The van der Waals surface area contributed by atoms with E-state index in [0.29, 0.717) is 11.3 Å². The van der Waals surface area contributed by atoms with Gasteiger partial charge in [0.15, 0.2) is 0 Å². The van der Waals surface area contributed by atoms with E-state index < -0.39 is 6.29 Å². The molecule has 3 heteroatoms. The van der Waals surface area contributed by atoms with Crippen LogP contribution in [0.4, 0.5) is 0 Å². The summed E-state index contributed by atoms with van der Waals surface area (Å²) in [6.45, 7) is 3.61. The van der Waals surface area contributed by atoms with Gasteiger partial charge in [-0.2, -0.15) is 0 Å². The van der Waals surface area contributed by atoms with Crippen molar-refractivity contribution in [2.24, 2.45) is 0 Å². The molecule has 0 bridgehead atoms. The first-order valence-corrected chi connectivity index (χ1v) is 4.16. The number of cyclic esters (lactones) is 1. The molecule has 0 saturated heterocycles. The Morgan fingerprint density at radius 1 is 1.31 bits per heavy atom. The molecule has 68 valence electrons. The van der Waals surface area contributed by atoms with Crippen LogP contribution in [0.2, 0.25) is 0 Å². The highest BCUT2D eigenvalue weighted by Gasteiger charge is 2.25. The average Bonchev–Trinajstić information content (AvgIpc) is 2.07. The Bertz CT molecular complexity index is 357. The van der Waals surface area contributed by atoms with Gasteiger partial charge in [-0.3, -0.25) is 0 Å². The number of carbonyl (C=O) groups is 1. The maximum Gasteiger partial charge on any atom is 0.345 e. The molecule has 1 aliphatic rings. The van der Waals surface area contributed by atoms with Crippen LogP contribution in [-0.2, 0) is 4.74 Å². The van der Waals surface area contributed by atoms with Crippen molar-refractivity contribution in [3.8, 4) is 5.75 Å². The number of carbonyl (C=O) groups excluding carboxylic acids is 1. The normalized spacial score (nSPS) is 20.2. The molecule has 0 aromatic heterocycles. The van der Waals surface area contributed by atoms with Crippen molar-refractivity contribution >= 4 is 5.97 Å². The van der Waals surface area contributed by atoms with Crippen LogP contribution in [-0.4, -0.2) is 12.3 Å². The molecule has 0 N–H and O–H groups in total. The minimum atomic E-state index is -0.485. The molecule has 1 unspecified atom stereocenters. The zero-order valence-electron chi connectivity index (χ0n) is 7.53. The van der Waals surface area contributed by atoms with Gasteiger partial charge in [0.25, 0.3) is 0 Å². The highest BCUT2D eigenvalue weighted by molar-refractivity contribution is 5.93. The molecule has 1 aliphatic heterocycles. The number of rotatable bonds is 0. The third-order valence-corrected chi connectivity index (χ3v) is 1.99. The maximum absolute atomic E-state index is 11.3. The van der Waals surface area contributed by atoms with Crippen molar-refractivity contribution in [2.75, 3.05) is 0 Å². The fraction of sp³-hybridized carbons (Fsp3) is 0.300. The van der Waals surface area contributed by atoms with Crippen LogP contribution in [0.1, 0.15) is 22.8 Å². The molecular weight excluding hydrogens is 168 g/mol. The molecule has 0 spiro atoms. The lowest BCUT2D eigenvalue weighted by Gasteiger charge is -2.23. The number of hydrogen-bond acceptors (Lipinski definition) is 3. The fourth-order valence-corrected chi connectivity index (χ4v) is 1.37. The summed E-state index contributed by atoms with van der Waals surface area (Å²) >= 11 is 0. The van der Waals surface area contributed by atoms with Gasteiger partial charge in [-0.05, 0) is 18.6 Å². The predicted molar refractivity (Wildman–Crippen MR) is 46.7 cm³/mol. The van der Waals surface area contributed by atoms with Gasteiger partial charge in [0, 0.05) is 6.92 Å². The van der Waals surface area contributed by atoms with Crippen LogP contribution >= 0.6 is 0 Å². The highest BCUT2D eigenvalue weighted by atomic mass is 16.7. The quantitative estimate of drug-likeness (QED) is 0.569. The topological polar surface area (TPSA) is 35.5 Å². The number of hydrogen-bond donors (Lipinski definition) is 0. The highest BCUT2D eigenvalue weighted by Crippen LogP contribution is 2.29. The van der Waals surface area contributed by atoms with Crippen molar-refractivity contribution in [2.45, 2.75) is 20.1 Å². The van der Waals surface area contributed by atoms with Gasteiger partial charge in [-0.1, -0.05) is 12.1 Å². The second-order valence-corrected chi connectivity index (χ2v) is 3.04. The van der Waals surface area contributed by atoms with Crippen LogP contribution in [0.25, 0.3) is 0 Å². The van der Waals surface area contributed by atoms with Crippen LogP contribution in [0.3, 0.4) is 0 Å². The monoisotopic (exact) mass is 178 g/mol. The Kier molecular flexibility index (Phi) is 1.72. The van der Waals surface area contributed by atoms with Gasteiger partial charge in [0.2, 0.25) is 6.29 Å². The van der Waals surface area contributed by atoms with Crippen molar-refractivity contribution in [1.29, 1.82) is 0 Å². The Labute approximate surface area is 76.3 Å². The van der Waals surface area contributed by atoms with Crippen molar-refractivity contribution in [3.63, 3.8) is 0 Å². The van der Waals surface area contributed by atoms with E-state index >= 15 is 0 Å². The predicted octanol–water partition coefficient (Wildman–Crippen LogP) is 1.89. The smallest absolute Gasteiger partial charge is 0.345 e. The molecule has 0 aliphatic carbocycles. The summed E-state index contributed by atoms with van der Waals surface area (Å²) in [5.74, 6) is 0.337. The van der Waals surface area contributed by atoms with Crippen molar-refractivity contribution < 1.29 is 14.3 Å². The van der Waals surface area contributed by atoms with Crippen LogP contribution < -0.4 is 4.74 Å². The summed E-state index contributed by atoms with van der Waals surface area (Å²) < 4.78 is 10.3. The summed E-state index contributed by atoms with van der Waals surface area (Å²) in [6.07, 6.45) is -0.485. The molecule has 13 heavy (non-hydrogen) atoms. The van der Waals surface area contributed by atoms with Crippen molar-refractivity contribution in [3.05, 3.63) is 29.3 Å². The first-order valence-electron chi connectivity index (χ1n) is 4.16. The first kappa shape index (κ1) is 8.10. The zero-order valence-corrected chi connectivity index (χ0v) is 7.53. The van der Waals surface area contributed by atoms with Gasteiger partial charge in [-0.25, -0.2) is 4.79 Å². The Hall–Kier alpha value is -1.51. The average molecular weight is 178 g/mol. The van der Waals surface area contributed by atoms with E-state index in [1.165, 1.54) is 0 Å². The maximum atomic E-state index is 11.3. The standard InChI is InChI=1S/C10H10O3/c1-6-4-3-5-8-9(6)12-7(2)13-10(8)11/h3-5,7H,1-2H3. The molecule has 0 amide bonds. The van der Waals surface area contributed by atoms with Crippen LogP contribution in [0.5, 0.6) is 5.75 Å². The Morgan fingerprint density at radius 3 is 2.85 bits per heavy atom. The lowest BCUT2D eigenvalue weighted by Crippen LogP contribution is -2.27. The second-order valence-electron chi connectivity index (χ2n) is 3.04. The molecule has 1 atom stereocenters. The lowest BCUT2D eigenvalue weighted by atomic mass is 10.1. The minimum absolute atomic E-state index is 0.308. The lowest BCUT2D eigenvalue weighted by molar-refractivity contribution is -0.0492. The third kappa shape index (κ3) is 1.26. The van der Waals surface area contributed by atoms with E-state index in [1.807, 2.05) is 19.1 Å². The number of ether oxygens (including phenoxy) is 2. The molecular formula is C10H10O3. The Balaban J connectivity index is 2.55. The molecule has 2 rings (SSSR count). The van der Waals surface area contributed by atoms with E-state index in [0.717, 1.165) is 5.56 Å². The SMILES string of the molecule is Cc1cccc2c1OC(C)OC2=O. The van der Waals surface area contributed by atoms with Gasteiger partial charge in [-0.15, -0.1) is 0 Å². The van der Waals surface area contributed by atoms with E-state index in [-0.39, 0.29) is 5.97 Å². The summed E-state index contributed by atoms with van der Waals surface area (Å²) in [7, 11) is 0. The van der Waals surface area contributed by atoms with E-state index in [9.17, 15) is 4.79 Å². The summed E-state index contributed by atoms with van der Waals surface area (Å²) in [4.78, 5) is 11.3. The number of fused-ring (bicyclic) bond motifs is 1. The van der Waals surface area contributed by atoms with E-state index in [4.69, 9.17) is 9.47 Å². The largest absolute Gasteiger partial charge is 0.454 e. The van der Waals surface area contributed by atoms with E-state index in [2.05, 4.69) is 0 Å². The minimum Gasteiger partial charge on any atom is -0.454 e. The van der Waals surface area contributed by atoms with Crippen LogP contribution in [0.15, 0.2) is 18.2 Å². The second kappa shape index (κ2) is 2.76. The molecule has 1 aromatic carbocycles. The number of aryl methyl sites for hydroxylation is 1.